The Bertz CT molecular complexity index is 661. The molecule has 0 aromatic heterocycles. The van der Waals surface area contributed by atoms with E-state index in [2.05, 4.69) is 64.1 Å². The van der Waals surface area contributed by atoms with Crippen molar-refractivity contribution in [3.63, 3.8) is 0 Å². The van der Waals surface area contributed by atoms with Crippen molar-refractivity contribution in [2.24, 2.45) is 0 Å². The molecular formula is C20H23Ti+. The fourth-order valence-electron chi connectivity index (χ4n) is 3.22. The first-order valence-electron chi connectivity index (χ1n) is 7.48. The van der Waals surface area contributed by atoms with Gasteiger partial charge in [-0.2, -0.15) is 22.3 Å². The van der Waals surface area contributed by atoms with Crippen molar-refractivity contribution < 1.29 is 20.0 Å². The molecule has 21 heavy (non-hydrogen) atoms. The van der Waals surface area contributed by atoms with Crippen LogP contribution in [0.25, 0.3) is 6.08 Å². The molecule has 2 aromatic rings. The smallest absolute Gasteiger partial charge is 0.0168 e. The molecule has 1 unspecified atom stereocenters. The summed E-state index contributed by atoms with van der Waals surface area (Å²) in [6.07, 6.45) is 4.61. The van der Waals surface area contributed by atoms with Gasteiger partial charge in [-0.25, -0.2) is 0 Å². The number of benzene rings is 1. The zero-order valence-corrected chi connectivity index (χ0v) is 15.2. The molecule has 0 N–H and O–H groups in total. The molecule has 0 amide bonds. The molecule has 0 bridgehead atoms. The van der Waals surface area contributed by atoms with Crippen LogP contribution < -0.4 is 0 Å². The summed E-state index contributed by atoms with van der Waals surface area (Å²) in [4.78, 5) is 0. The fraction of sp³-hybridized carbons (Fsp3) is 0.300. The van der Waals surface area contributed by atoms with E-state index >= 15 is 0 Å². The van der Waals surface area contributed by atoms with Gasteiger partial charge in [0.05, 0.1) is 0 Å². The van der Waals surface area contributed by atoms with E-state index in [-0.39, 0.29) is 0 Å². The Kier molecular flexibility index (Phi) is 5.24. The van der Waals surface area contributed by atoms with Crippen LogP contribution in [-0.2, 0) is 20.0 Å². The average molecular weight is 311 g/mol. The fourth-order valence-corrected chi connectivity index (χ4v) is 3.22. The summed E-state index contributed by atoms with van der Waals surface area (Å²) >= 11 is 2.00. The van der Waals surface area contributed by atoms with E-state index in [9.17, 15) is 0 Å². The van der Waals surface area contributed by atoms with Crippen molar-refractivity contribution in [3.8, 4) is 0 Å². The summed E-state index contributed by atoms with van der Waals surface area (Å²) in [6.45, 7) is 11.0. The summed E-state index contributed by atoms with van der Waals surface area (Å²) in [5, 5.41) is 0. The molecule has 0 spiro atoms. The molecule has 0 saturated heterocycles. The second kappa shape index (κ2) is 6.77. The Morgan fingerprint density at radius 3 is 2.10 bits per heavy atom. The number of hydrogen-bond donors (Lipinski definition) is 0. The molecule has 106 valence electrons. The largest absolute Gasteiger partial charge is 0.196 e. The molecular weight excluding hydrogens is 288 g/mol. The molecule has 1 heteroatoms. The van der Waals surface area contributed by atoms with Gasteiger partial charge >= 0.3 is 31.2 Å². The second-order valence-electron chi connectivity index (χ2n) is 5.67. The average Bonchev–Trinajstić information content (AvgIpc) is 2.97. The molecule has 1 atom stereocenters. The predicted octanol–water partition coefficient (Wildman–Crippen LogP) is 5.15. The first kappa shape index (κ1) is 16.3. The van der Waals surface area contributed by atoms with Crippen LogP contribution in [0.15, 0.2) is 30.3 Å². The third-order valence-corrected chi connectivity index (χ3v) is 4.61. The minimum Gasteiger partial charge on any atom is -0.196 e. The zero-order chi connectivity index (χ0) is 15.6. The third kappa shape index (κ3) is 2.93. The van der Waals surface area contributed by atoms with E-state index < -0.39 is 0 Å². The van der Waals surface area contributed by atoms with Crippen molar-refractivity contribution >= 4 is 10.4 Å². The summed E-state index contributed by atoms with van der Waals surface area (Å²) in [6, 6.07) is 8.73. The third-order valence-electron chi connectivity index (χ3n) is 4.61. The van der Waals surface area contributed by atoms with Crippen molar-refractivity contribution in [3.05, 3.63) is 69.3 Å². The standard InChI is InChI=1S/C18H19.C2H4.Ti/c1-11-12(2)14(4)18(13(11)3)17-10-9-15-7-5-6-8-16(15)17;1-2;/h5-10,17H,1-4H3;1H,2H3;/q-1;;+2. The van der Waals surface area contributed by atoms with Gasteiger partial charge in [-0.05, 0) is 17.0 Å². The normalized spacial score (nSPS) is 15.5. The summed E-state index contributed by atoms with van der Waals surface area (Å²) in [7, 11) is 0. The Balaban J connectivity index is 0.000000497. The van der Waals surface area contributed by atoms with E-state index in [1.807, 2.05) is 31.2 Å². The Labute approximate surface area is 140 Å². The minimum atomic E-state index is 0.452. The van der Waals surface area contributed by atoms with Crippen LogP contribution in [0.5, 0.6) is 0 Å². The zero-order valence-electron chi connectivity index (χ0n) is 13.6. The minimum absolute atomic E-state index is 0.452. The first-order chi connectivity index (χ1) is 10.0. The summed E-state index contributed by atoms with van der Waals surface area (Å²) < 4.78 is 2.00. The second-order valence-corrected chi connectivity index (χ2v) is 6.57. The molecule has 0 nitrogen and oxygen atoms in total. The van der Waals surface area contributed by atoms with E-state index in [4.69, 9.17) is 0 Å². The summed E-state index contributed by atoms with van der Waals surface area (Å²) in [5.74, 6) is 0.452. The number of hydrogen-bond acceptors (Lipinski definition) is 0. The van der Waals surface area contributed by atoms with Gasteiger partial charge in [0.25, 0.3) is 0 Å². The Hall–Kier alpha value is -1.11. The molecule has 1 aliphatic rings. The Morgan fingerprint density at radius 2 is 1.52 bits per heavy atom. The van der Waals surface area contributed by atoms with E-state index in [0.29, 0.717) is 5.92 Å². The van der Waals surface area contributed by atoms with Crippen LogP contribution in [0.4, 0.5) is 0 Å². The van der Waals surface area contributed by atoms with E-state index in [1.54, 1.807) is 0 Å². The van der Waals surface area contributed by atoms with Gasteiger partial charge in [-0.1, -0.05) is 64.1 Å². The molecule has 2 aromatic carbocycles. The van der Waals surface area contributed by atoms with Crippen molar-refractivity contribution in [1.82, 2.24) is 0 Å². The molecule has 1 aliphatic carbocycles. The van der Waals surface area contributed by atoms with Crippen molar-refractivity contribution in [2.45, 2.75) is 40.5 Å². The van der Waals surface area contributed by atoms with Crippen LogP contribution in [0.3, 0.4) is 0 Å². The van der Waals surface area contributed by atoms with E-state index in [1.165, 1.54) is 38.9 Å². The number of allylic oxidation sites excluding steroid dienone is 1. The molecule has 0 fully saturated rings. The first-order valence-corrected chi connectivity index (χ1v) is 8.38. The SMILES string of the molecule is C[CH]=[Ti+2].Cc1c(C)c(C)[c-](C2C=Cc3ccccc32)c1C. The maximum atomic E-state index is 2.35. The quantitative estimate of drug-likeness (QED) is 0.504. The van der Waals surface area contributed by atoms with Gasteiger partial charge in [-0.3, -0.25) is 0 Å². The topological polar surface area (TPSA) is 0 Å². The maximum absolute atomic E-state index is 2.35. The number of fused-ring (bicyclic) bond motifs is 1. The maximum Gasteiger partial charge on any atom is -0.0168 e. The molecule has 0 heterocycles. The number of rotatable bonds is 1. The van der Waals surface area contributed by atoms with Crippen molar-refractivity contribution in [2.75, 3.05) is 0 Å². The van der Waals surface area contributed by atoms with Gasteiger partial charge < -0.3 is 0 Å². The van der Waals surface area contributed by atoms with Gasteiger partial charge in [0.2, 0.25) is 0 Å². The molecule has 0 radical (unpaired) electrons. The molecule has 3 rings (SSSR count). The van der Waals surface area contributed by atoms with Crippen molar-refractivity contribution in [1.29, 1.82) is 0 Å². The van der Waals surface area contributed by atoms with Crippen LogP contribution in [0.1, 0.15) is 51.8 Å². The van der Waals surface area contributed by atoms with Crippen LogP contribution >= 0.6 is 0 Å². The monoisotopic (exact) mass is 311 g/mol. The molecule has 0 saturated carbocycles. The predicted molar refractivity (Wildman–Crippen MR) is 90.0 cm³/mol. The molecule has 0 aliphatic heterocycles. The Morgan fingerprint density at radius 1 is 1.00 bits per heavy atom. The van der Waals surface area contributed by atoms with Gasteiger partial charge in [-0.15, -0.1) is 5.56 Å². The van der Waals surface area contributed by atoms with Gasteiger partial charge in [0.1, 0.15) is 0 Å². The van der Waals surface area contributed by atoms with Crippen LogP contribution in [0, 0.1) is 27.7 Å². The van der Waals surface area contributed by atoms with E-state index in [0.717, 1.165) is 0 Å². The summed E-state index contributed by atoms with van der Waals surface area (Å²) in [5.41, 5.74) is 10.2. The van der Waals surface area contributed by atoms with Crippen LogP contribution in [-0.4, -0.2) is 4.31 Å². The van der Waals surface area contributed by atoms with Gasteiger partial charge in [0, 0.05) is 0 Å². The van der Waals surface area contributed by atoms with Crippen LogP contribution in [0.2, 0.25) is 0 Å². The van der Waals surface area contributed by atoms with Gasteiger partial charge in [0.15, 0.2) is 0 Å².